The van der Waals surface area contributed by atoms with Crippen LogP contribution in [0.2, 0.25) is 0 Å². The summed E-state index contributed by atoms with van der Waals surface area (Å²) >= 11 is 1.92. The van der Waals surface area contributed by atoms with Gasteiger partial charge in [-0.2, -0.15) is 0 Å². The van der Waals surface area contributed by atoms with E-state index in [9.17, 15) is 0 Å². The van der Waals surface area contributed by atoms with Gasteiger partial charge in [0.25, 0.3) is 0 Å². The number of benzene rings is 6. The lowest BCUT2D eigenvalue weighted by atomic mass is 9.80. The molecule has 0 saturated carbocycles. The third-order valence-electron chi connectivity index (χ3n) is 11.5. The van der Waals surface area contributed by atoms with Crippen molar-refractivity contribution in [3.63, 3.8) is 0 Å². The third kappa shape index (κ3) is 6.69. The van der Waals surface area contributed by atoms with E-state index < -0.39 is 0 Å². The molecule has 0 bridgehead atoms. The van der Waals surface area contributed by atoms with Crippen molar-refractivity contribution in [1.82, 2.24) is 0 Å². The van der Waals surface area contributed by atoms with Crippen LogP contribution in [-0.2, 0) is 10.8 Å². The predicted octanol–water partition coefficient (Wildman–Crippen LogP) is 15.7. The molecule has 276 valence electrons. The van der Waals surface area contributed by atoms with Crippen LogP contribution in [0, 0.1) is 0 Å². The summed E-state index contributed by atoms with van der Waals surface area (Å²) in [6.07, 6.45) is 13.6. The number of fused-ring (bicyclic) bond motifs is 7. The van der Waals surface area contributed by atoms with Crippen LogP contribution in [0.1, 0.15) is 63.3 Å². The Labute approximate surface area is 337 Å². The largest absolute Gasteiger partial charge is 0.311 e. The first-order valence-electron chi connectivity index (χ1n) is 19.6. The maximum atomic E-state index is 4.46. The first kappa shape index (κ1) is 37.0. The molecule has 0 amide bonds. The van der Waals surface area contributed by atoms with E-state index >= 15 is 0 Å². The van der Waals surface area contributed by atoms with Crippen LogP contribution >= 0.6 is 11.3 Å². The van der Waals surface area contributed by atoms with E-state index in [1.54, 1.807) is 0 Å². The molecule has 6 aromatic carbocycles. The molecular weight excluding hydrogens is 695 g/mol. The fraction of sp³-hybridized carbons (Fsp3) is 0.148. The Hall–Kier alpha value is -5.96. The van der Waals surface area contributed by atoms with Crippen LogP contribution < -0.4 is 4.90 Å². The quantitative estimate of drug-likeness (QED) is 0.119. The van der Waals surface area contributed by atoms with Gasteiger partial charge in [-0.25, -0.2) is 0 Å². The van der Waals surface area contributed by atoms with E-state index in [0.717, 1.165) is 34.6 Å². The summed E-state index contributed by atoms with van der Waals surface area (Å²) in [7, 11) is 0. The van der Waals surface area contributed by atoms with Crippen LogP contribution in [0.4, 0.5) is 11.4 Å². The van der Waals surface area contributed by atoms with Gasteiger partial charge in [0.2, 0.25) is 0 Å². The van der Waals surface area contributed by atoms with Crippen LogP contribution in [-0.4, -0.2) is 0 Å². The molecule has 1 aliphatic carbocycles. The molecule has 0 aliphatic heterocycles. The maximum absolute atomic E-state index is 4.46. The summed E-state index contributed by atoms with van der Waals surface area (Å²) in [5.41, 5.74) is 14.2. The second-order valence-corrected chi connectivity index (χ2v) is 17.0. The monoisotopic (exact) mass is 743 g/mol. The highest BCUT2D eigenvalue weighted by molar-refractivity contribution is 7.26. The molecule has 7 aromatic rings. The van der Waals surface area contributed by atoms with Crippen LogP contribution in [0.15, 0.2) is 189 Å². The number of thiophene rings is 1. The highest BCUT2D eigenvalue weighted by Crippen LogP contribution is 2.55. The van der Waals surface area contributed by atoms with Crippen molar-refractivity contribution < 1.29 is 0 Å². The Balaban J connectivity index is 1.36. The van der Waals surface area contributed by atoms with Crippen molar-refractivity contribution in [3.05, 3.63) is 211 Å². The van der Waals surface area contributed by atoms with Crippen molar-refractivity contribution in [3.8, 4) is 22.3 Å². The number of rotatable bonds is 11. The van der Waals surface area contributed by atoms with Crippen molar-refractivity contribution in [2.45, 2.75) is 51.9 Å². The lowest BCUT2D eigenvalue weighted by Crippen LogP contribution is -2.20. The molecule has 1 nitrogen and oxygen atoms in total. The molecule has 2 heteroatoms. The highest BCUT2D eigenvalue weighted by atomic mass is 32.1. The van der Waals surface area contributed by atoms with Gasteiger partial charge in [-0.15, -0.1) is 11.3 Å². The highest BCUT2D eigenvalue weighted by Gasteiger charge is 2.37. The molecule has 1 heterocycles. The van der Waals surface area contributed by atoms with Crippen molar-refractivity contribution in [1.29, 1.82) is 0 Å². The molecule has 0 N–H and O–H groups in total. The lowest BCUT2D eigenvalue weighted by Gasteiger charge is -2.31. The van der Waals surface area contributed by atoms with Crippen molar-refractivity contribution in [2.75, 3.05) is 4.90 Å². The zero-order valence-corrected chi connectivity index (χ0v) is 34.0. The smallest absolute Gasteiger partial charge is 0.0470 e. The molecule has 0 fully saturated rings. The van der Waals surface area contributed by atoms with E-state index in [4.69, 9.17) is 0 Å². The van der Waals surface area contributed by atoms with Gasteiger partial charge in [0.05, 0.1) is 0 Å². The van der Waals surface area contributed by atoms with Gasteiger partial charge in [-0.1, -0.05) is 174 Å². The number of nitrogens with zero attached hydrogens (tertiary/aromatic N) is 1. The Morgan fingerprint density at radius 1 is 0.732 bits per heavy atom. The van der Waals surface area contributed by atoms with Crippen LogP contribution in [0.25, 0.3) is 48.0 Å². The number of hydrogen-bond acceptors (Lipinski definition) is 2. The number of anilines is 2. The summed E-state index contributed by atoms with van der Waals surface area (Å²) in [6, 6.07) is 49.0. The average molecular weight is 744 g/mol. The maximum Gasteiger partial charge on any atom is 0.0470 e. The molecule has 8 rings (SSSR count). The molecule has 56 heavy (non-hydrogen) atoms. The number of hydrogen-bond donors (Lipinski definition) is 0. The Kier molecular flexibility index (Phi) is 9.87. The first-order valence-corrected chi connectivity index (χ1v) is 20.4. The summed E-state index contributed by atoms with van der Waals surface area (Å²) in [6.45, 7) is 19.9. The minimum absolute atomic E-state index is 0.126. The summed E-state index contributed by atoms with van der Waals surface area (Å²) in [4.78, 5) is 2.44. The SMILES string of the molecule is C=C/C=C\CC(C)(C)c1cc(-c2ccccc2)cc(N(C(/C=C\C(=C)c2ccccc2)=C/C)c2ccc3c(c2)-c2c(ccc4c2sc2ccccc24)C3(C)C)c1. The topological polar surface area (TPSA) is 3.24 Å². The second-order valence-electron chi connectivity index (χ2n) is 16.0. The van der Waals surface area contributed by atoms with E-state index in [0.29, 0.717) is 0 Å². The molecule has 0 radical (unpaired) electrons. The van der Waals surface area contributed by atoms with Crippen LogP contribution in [0.5, 0.6) is 0 Å². The summed E-state index contributed by atoms with van der Waals surface area (Å²) in [5.74, 6) is 0. The first-order chi connectivity index (χ1) is 27.1. The Morgan fingerprint density at radius 2 is 1.45 bits per heavy atom. The van der Waals surface area contributed by atoms with E-state index in [1.165, 1.54) is 59.1 Å². The Bertz CT molecular complexity index is 2700. The zero-order chi connectivity index (χ0) is 39.0. The standard InChI is InChI=1S/C54H49NS/c1-8-10-19-32-53(4,5)41-33-40(39-22-15-12-16-23-39)34-44(35-41)55(42(9-2)27-26-37(3)38-20-13-11-14-21-38)43-28-30-48-47(36-43)51-49(54(48,6)7)31-29-46-45-24-17-18-25-50(45)56-52(46)51/h8-31,33-36H,1,3,32H2,2,4-7H3/b19-10-,27-26-,42-9+. The van der Waals surface area contributed by atoms with Crippen molar-refractivity contribution in [2.24, 2.45) is 0 Å². The molecule has 0 atom stereocenters. The fourth-order valence-electron chi connectivity index (χ4n) is 8.33. The molecular formula is C54H49NS. The van der Waals surface area contributed by atoms with Gasteiger partial charge >= 0.3 is 0 Å². The lowest BCUT2D eigenvalue weighted by molar-refractivity contribution is 0.534. The number of allylic oxidation sites excluding steroid dienone is 7. The second kappa shape index (κ2) is 14.9. The van der Waals surface area contributed by atoms with Crippen molar-refractivity contribution >= 4 is 48.5 Å². The minimum Gasteiger partial charge on any atom is -0.311 e. The predicted molar refractivity (Wildman–Crippen MR) is 246 cm³/mol. The summed E-state index contributed by atoms with van der Waals surface area (Å²) in [5, 5.41) is 2.66. The van der Waals surface area contributed by atoms with Crippen LogP contribution in [0.3, 0.4) is 0 Å². The van der Waals surface area contributed by atoms with Gasteiger partial charge < -0.3 is 4.90 Å². The van der Waals surface area contributed by atoms with Gasteiger partial charge in [0, 0.05) is 48.2 Å². The van der Waals surface area contributed by atoms with Gasteiger partial charge in [0.15, 0.2) is 0 Å². The van der Waals surface area contributed by atoms with Gasteiger partial charge in [-0.3, -0.25) is 0 Å². The zero-order valence-electron chi connectivity index (χ0n) is 33.1. The summed E-state index contributed by atoms with van der Waals surface area (Å²) < 4.78 is 2.70. The fourth-order valence-corrected chi connectivity index (χ4v) is 9.60. The molecule has 1 aromatic heterocycles. The molecule has 1 aliphatic rings. The molecule has 0 saturated heterocycles. The minimum atomic E-state index is -0.133. The Morgan fingerprint density at radius 3 is 2.20 bits per heavy atom. The normalized spacial score (nSPS) is 13.8. The van der Waals surface area contributed by atoms with Gasteiger partial charge in [0.1, 0.15) is 0 Å². The van der Waals surface area contributed by atoms with E-state index in [-0.39, 0.29) is 10.8 Å². The third-order valence-corrected chi connectivity index (χ3v) is 12.7. The molecule has 0 unspecified atom stereocenters. The molecule has 0 spiro atoms. The van der Waals surface area contributed by atoms with Gasteiger partial charge in [-0.05, 0) is 99.7 Å². The van der Waals surface area contributed by atoms with E-state index in [1.807, 2.05) is 23.5 Å². The van der Waals surface area contributed by atoms with E-state index in [2.05, 4.69) is 210 Å². The average Bonchev–Trinajstić information content (AvgIpc) is 3.71.